The highest BCUT2D eigenvalue weighted by molar-refractivity contribution is 5.92. The first kappa shape index (κ1) is 16.8. The van der Waals surface area contributed by atoms with Crippen LogP contribution < -0.4 is 0 Å². The Bertz CT molecular complexity index is 661. The van der Waals surface area contributed by atoms with Crippen LogP contribution in [0.1, 0.15) is 36.3 Å². The molecule has 5 heteroatoms. The van der Waals surface area contributed by atoms with Crippen LogP contribution >= 0.6 is 0 Å². The number of carbonyl (C=O) groups is 2. The average Bonchev–Trinajstić information content (AvgIpc) is 2.98. The van der Waals surface area contributed by atoms with Crippen molar-refractivity contribution in [1.29, 1.82) is 0 Å². The van der Waals surface area contributed by atoms with Crippen molar-refractivity contribution < 1.29 is 19.1 Å². The number of benzene rings is 1. The van der Waals surface area contributed by atoms with E-state index in [9.17, 15) is 9.59 Å². The van der Waals surface area contributed by atoms with E-state index in [0.717, 1.165) is 16.7 Å². The van der Waals surface area contributed by atoms with Crippen LogP contribution in [0.3, 0.4) is 0 Å². The van der Waals surface area contributed by atoms with Gasteiger partial charge in [-0.15, -0.1) is 0 Å². The average molecular weight is 315 g/mol. The number of aromatic nitrogens is 1. The third kappa shape index (κ3) is 4.22. The molecule has 0 saturated heterocycles. The van der Waals surface area contributed by atoms with Crippen LogP contribution in [-0.4, -0.2) is 30.1 Å². The normalized spacial score (nSPS) is 10.3. The molecule has 23 heavy (non-hydrogen) atoms. The van der Waals surface area contributed by atoms with Crippen molar-refractivity contribution in [2.75, 3.05) is 13.2 Å². The molecule has 122 valence electrons. The first-order valence-electron chi connectivity index (χ1n) is 7.75. The van der Waals surface area contributed by atoms with Gasteiger partial charge in [-0.3, -0.25) is 4.79 Å². The molecule has 0 radical (unpaired) electrons. The maximum absolute atomic E-state index is 12.1. The number of hydrogen-bond donors (Lipinski definition) is 1. The van der Waals surface area contributed by atoms with Gasteiger partial charge in [0, 0.05) is 18.2 Å². The summed E-state index contributed by atoms with van der Waals surface area (Å²) in [5.74, 6) is -0.684. The summed E-state index contributed by atoms with van der Waals surface area (Å²) in [4.78, 5) is 26.7. The summed E-state index contributed by atoms with van der Waals surface area (Å²) in [5, 5.41) is 0. The summed E-state index contributed by atoms with van der Waals surface area (Å²) >= 11 is 0. The van der Waals surface area contributed by atoms with Gasteiger partial charge in [0.2, 0.25) is 0 Å². The monoisotopic (exact) mass is 315 g/mol. The Morgan fingerprint density at radius 2 is 1.74 bits per heavy atom. The summed E-state index contributed by atoms with van der Waals surface area (Å²) in [5.41, 5.74) is 3.06. The predicted octanol–water partition coefficient (Wildman–Crippen LogP) is 3.35. The van der Waals surface area contributed by atoms with Gasteiger partial charge in [0.05, 0.1) is 13.2 Å². The van der Waals surface area contributed by atoms with E-state index >= 15 is 0 Å². The van der Waals surface area contributed by atoms with Gasteiger partial charge in [-0.1, -0.05) is 30.3 Å². The Hall–Kier alpha value is -2.56. The molecule has 0 aliphatic rings. The van der Waals surface area contributed by atoms with Crippen molar-refractivity contribution in [2.24, 2.45) is 0 Å². The number of nitrogens with one attached hydrogen (secondary N) is 1. The SMILES string of the molecule is CCOC(=O)CCc1c(-c2ccccc2)c[nH]c1C(=O)OCC. The lowest BCUT2D eigenvalue weighted by Gasteiger charge is -2.08. The van der Waals surface area contributed by atoms with Gasteiger partial charge in [-0.25, -0.2) is 4.79 Å². The van der Waals surface area contributed by atoms with Gasteiger partial charge in [-0.2, -0.15) is 0 Å². The van der Waals surface area contributed by atoms with Gasteiger partial charge < -0.3 is 14.5 Å². The fraction of sp³-hybridized carbons (Fsp3) is 0.333. The summed E-state index contributed by atoms with van der Waals surface area (Å²) in [7, 11) is 0. The van der Waals surface area contributed by atoms with Crippen molar-refractivity contribution in [3.8, 4) is 11.1 Å². The maximum Gasteiger partial charge on any atom is 0.355 e. The van der Waals surface area contributed by atoms with Crippen molar-refractivity contribution in [3.05, 3.63) is 47.8 Å². The zero-order chi connectivity index (χ0) is 16.7. The summed E-state index contributed by atoms with van der Waals surface area (Å²) < 4.78 is 10.1. The summed E-state index contributed by atoms with van der Waals surface area (Å²) in [6.45, 7) is 4.18. The van der Waals surface area contributed by atoms with Gasteiger partial charge in [-0.05, 0) is 31.4 Å². The molecule has 1 N–H and O–H groups in total. The molecule has 2 aromatic rings. The molecule has 0 spiro atoms. The minimum Gasteiger partial charge on any atom is -0.466 e. The van der Waals surface area contributed by atoms with E-state index in [4.69, 9.17) is 9.47 Å². The second-order valence-corrected chi connectivity index (χ2v) is 4.95. The molecule has 0 aliphatic heterocycles. The molecule has 2 rings (SSSR count). The molecule has 0 bridgehead atoms. The number of H-pyrrole nitrogens is 1. The van der Waals surface area contributed by atoms with Crippen molar-refractivity contribution in [2.45, 2.75) is 26.7 Å². The highest BCUT2D eigenvalue weighted by Gasteiger charge is 2.20. The third-order valence-electron chi connectivity index (χ3n) is 3.44. The third-order valence-corrected chi connectivity index (χ3v) is 3.44. The van der Waals surface area contributed by atoms with E-state index in [-0.39, 0.29) is 12.4 Å². The molecule has 0 unspecified atom stereocenters. The van der Waals surface area contributed by atoms with Crippen LogP contribution in [0, 0.1) is 0 Å². The first-order chi connectivity index (χ1) is 11.2. The predicted molar refractivity (Wildman–Crippen MR) is 87.1 cm³/mol. The van der Waals surface area contributed by atoms with Crippen molar-refractivity contribution in [1.82, 2.24) is 4.98 Å². The van der Waals surface area contributed by atoms with Gasteiger partial charge in [0.25, 0.3) is 0 Å². The van der Waals surface area contributed by atoms with Crippen LogP contribution in [0.2, 0.25) is 0 Å². The van der Waals surface area contributed by atoms with Crippen molar-refractivity contribution >= 4 is 11.9 Å². The molecule has 0 atom stereocenters. The zero-order valence-corrected chi connectivity index (χ0v) is 13.4. The minimum absolute atomic E-state index is 0.220. The minimum atomic E-state index is -0.409. The summed E-state index contributed by atoms with van der Waals surface area (Å²) in [6.07, 6.45) is 2.42. The quantitative estimate of drug-likeness (QED) is 0.796. The maximum atomic E-state index is 12.1. The van der Waals surface area contributed by atoms with Gasteiger partial charge >= 0.3 is 11.9 Å². The molecular weight excluding hydrogens is 294 g/mol. The van der Waals surface area contributed by atoms with Crippen LogP contribution in [-0.2, 0) is 20.7 Å². The molecule has 5 nitrogen and oxygen atoms in total. The summed E-state index contributed by atoms with van der Waals surface area (Å²) in [6, 6.07) is 9.72. The van der Waals surface area contributed by atoms with Gasteiger partial charge in [0.15, 0.2) is 0 Å². The fourth-order valence-corrected chi connectivity index (χ4v) is 2.43. The van der Waals surface area contributed by atoms with E-state index in [1.54, 1.807) is 20.0 Å². The lowest BCUT2D eigenvalue weighted by molar-refractivity contribution is -0.143. The molecule has 0 amide bonds. The highest BCUT2D eigenvalue weighted by Crippen LogP contribution is 2.28. The smallest absolute Gasteiger partial charge is 0.355 e. The molecular formula is C18H21NO4. The standard InChI is InChI=1S/C18H21NO4/c1-3-22-16(20)11-10-14-15(13-8-6-5-7-9-13)12-19-17(14)18(21)23-4-2/h5-9,12,19H,3-4,10-11H2,1-2H3. The van der Waals surface area contributed by atoms with E-state index < -0.39 is 5.97 Å². The van der Waals surface area contributed by atoms with E-state index in [2.05, 4.69) is 4.98 Å². The molecule has 0 fully saturated rings. The topological polar surface area (TPSA) is 68.4 Å². The number of hydrogen-bond acceptors (Lipinski definition) is 4. The van der Waals surface area contributed by atoms with Crippen molar-refractivity contribution in [3.63, 3.8) is 0 Å². The molecule has 0 aliphatic carbocycles. The fourth-order valence-electron chi connectivity index (χ4n) is 2.43. The van der Waals surface area contributed by atoms with Crippen LogP contribution in [0.4, 0.5) is 0 Å². The van der Waals surface area contributed by atoms with Crippen LogP contribution in [0.25, 0.3) is 11.1 Å². The Balaban J connectivity index is 2.31. The zero-order valence-electron chi connectivity index (χ0n) is 13.4. The Labute approximate surface area is 135 Å². The Kier molecular flexibility index (Phi) is 5.97. The molecule has 1 heterocycles. The first-order valence-corrected chi connectivity index (χ1v) is 7.75. The van der Waals surface area contributed by atoms with Crippen LogP contribution in [0.5, 0.6) is 0 Å². The highest BCUT2D eigenvalue weighted by atomic mass is 16.5. The van der Waals surface area contributed by atoms with Crippen LogP contribution in [0.15, 0.2) is 36.5 Å². The number of aromatic amines is 1. The molecule has 0 saturated carbocycles. The lowest BCUT2D eigenvalue weighted by atomic mass is 9.99. The lowest BCUT2D eigenvalue weighted by Crippen LogP contribution is -2.10. The Morgan fingerprint density at radius 1 is 1.04 bits per heavy atom. The Morgan fingerprint density at radius 3 is 2.39 bits per heavy atom. The van der Waals surface area contributed by atoms with E-state index in [1.165, 1.54) is 0 Å². The van der Waals surface area contributed by atoms with E-state index in [0.29, 0.717) is 25.3 Å². The molecule has 1 aromatic heterocycles. The largest absolute Gasteiger partial charge is 0.466 e. The number of carbonyl (C=O) groups excluding carboxylic acids is 2. The second-order valence-electron chi connectivity index (χ2n) is 4.95. The van der Waals surface area contributed by atoms with Gasteiger partial charge in [0.1, 0.15) is 5.69 Å². The second kappa shape index (κ2) is 8.17. The number of rotatable bonds is 7. The van der Waals surface area contributed by atoms with E-state index in [1.807, 2.05) is 30.3 Å². The molecule has 1 aromatic carbocycles. The number of ether oxygens (including phenoxy) is 2. The number of esters is 2.